The molecule has 7 nitrogen and oxygen atoms in total. The zero-order chi connectivity index (χ0) is 16.4. The van der Waals surface area contributed by atoms with Crippen LogP contribution in [0.2, 0.25) is 10.0 Å². The van der Waals surface area contributed by atoms with E-state index in [1.165, 1.54) is 13.3 Å². The summed E-state index contributed by atoms with van der Waals surface area (Å²) < 4.78 is 4.97. The van der Waals surface area contributed by atoms with Crippen molar-refractivity contribution < 1.29 is 9.53 Å². The number of fused-ring (bicyclic) bond motifs is 1. The zero-order valence-corrected chi connectivity index (χ0v) is 13.4. The van der Waals surface area contributed by atoms with Gasteiger partial charge >= 0.3 is 0 Å². The molecule has 2 heterocycles. The van der Waals surface area contributed by atoms with Crippen LogP contribution in [-0.4, -0.2) is 28.0 Å². The van der Waals surface area contributed by atoms with Crippen molar-refractivity contribution >= 4 is 46.0 Å². The first-order valence-electron chi connectivity index (χ1n) is 6.48. The maximum atomic E-state index is 12.2. The summed E-state index contributed by atoms with van der Waals surface area (Å²) in [5.74, 6) is 0.0942. The first-order valence-corrected chi connectivity index (χ1v) is 7.24. The van der Waals surface area contributed by atoms with Crippen molar-refractivity contribution in [1.29, 1.82) is 0 Å². The highest BCUT2D eigenvalue weighted by Crippen LogP contribution is 2.29. The van der Waals surface area contributed by atoms with Crippen LogP contribution in [0.5, 0.6) is 5.88 Å². The van der Waals surface area contributed by atoms with Crippen molar-refractivity contribution in [3.05, 3.63) is 46.2 Å². The van der Waals surface area contributed by atoms with E-state index in [-0.39, 0.29) is 16.7 Å². The largest absolute Gasteiger partial charge is 0.481 e. The fourth-order valence-corrected chi connectivity index (χ4v) is 2.44. The smallest absolute Gasteiger partial charge is 0.287 e. The molecule has 0 aliphatic rings. The SMILES string of the molecule is COc1ccnc(NNC(=O)c2[nH]c3ccc(Cl)cc3c2Cl)n1. The predicted molar refractivity (Wildman–Crippen MR) is 88.0 cm³/mol. The summed E-state index contributed by atoms with van der Waals surface area (Å²) in [4.78, 5) is 23.1. The third kappa shape index (κ3) is 3.15. The quantitative estimate of drug-likeness (QED) is 0.628. The minimum atomic E-state index is -0.464. The number of ether oxygens (including phenoxy) is 1. The molecule has 1 aromatic carbocycles. The van der Waals surface area contributed by atoms with Gasteiger partial charge in [0.25, 0.3) is 5.91 Å². The molecule has 0 unspecified atom stereocenters. The second kappa shape index (κ2) is 6.31. The number of halogens is 2. The number of methoxy groups -OCH3 is 1. The van der Waals surface area contributed by atoms with Gasteiger partial charge in [-0.2, -0.15) is 4.98 Å². The summed E-state index contributed by atoms with van der Waals surface area (Å²) in [5, 5.41) is 1.49. The average Bonchev–Trinajstić information content (AvgIpc) is 2.89. The molecule has 0 atom stereocenters. The first kappa shape index (κ1) is 15.4. The van der Waals surface area contributed by atoms with Crippen molar-refractivity contribution in [1.82, 2.24) is 20.4 Å². The normalized spacial score (nSPS) is 10.6. The Bertz CT molecular complexity index is 881. The number of aromatic nitrogens is 3. The molecule has 0 saturated heterocycles. The number of carbonyl (C=O) groups is 1. The number of H-pyrrole nitrogens is 1. The number of nitrogens with one attached hydrogen (secondary N) is 3. The lowest BCUT2D eigenvalue weighted by atomic mass is 10.2. The Morgan fingerprint density at radius 1 is 1.30 bits per heavy atom. The number of hydrogen-bond donors (Lipinski definition) is 3. The van der Waals surface area contributed by atoms with E-state index >= 15 is 0 Å². The second-order valence-electron chi connectivity index (χ2n) is 4.51. The van der Waals surface area contributed by atoms with Gasteiger partial charge in [0.05, 0.1) is 12.1 Å². The molecule has 9 heteroatoms. The van der Waals surface area contributed by atoms with Gasteiger partial charge < -0.3 is 9.72 Å². The molecule has 0 fully saturated rings. The number of rotatable bonds is 4. The molecule has 0 saturated carbocycles. The minimum Gasteiger partial charge on any atom is -0.481 e. The van der Waals surface area contributed by atoms with E-state index in [0.29, 0.717) is 21.8 Å². The van der Waals surface area contributed by atoms with Crippen molar-refractivity contribution in [3.63, 3.8) is 0 Å². The van der Waals surface area contributed by atoms with Gasteiger partial charge in [0.15, 0.2) is 0 Å². The number of aromatic amines is 1. The van der Waals surface area contributed by atoms with Crippen LogP contribution < -0.4 is 15.6 Å². The van der Waals surface area contributed by atoms with Gasteiger partial charge in [0.2, 0.25) is 11.8 Å². The Morgan fingerprint density at radius 3 is 2.91 bits per heavy atom. The summed E-state index contributed by atoms with van der Waals surface area (Å²) in [7, 11) is 1.49. The van der Waals surface area contributed by atoms with E-state index in [1.54, 1.807) is 24.3 Å². The molecule has 0 aliphatic heterocycles. The van der Waals surface area contributed by atoms with Gasteiger partial charge in [-0.1, -0.05) is 23.2 Å². The van der Waals surface area contributed by atoms with E-state index in [1.807, 2.05) is 0 Å². The monoisotopic (exact) mass is 351 g/mol. The van der Waals surface area contributed by atoms with Crippen molar-refractivity contribution in [2.75, 3.05) is 12.5 Å². The third-order valence-corrected chi connectivity index (χ3v) is 3.68. The summed E-state index contributed by atoms with van der Waals surface area (Å²) >= 11 is 12.2. The third-order valence-electron chi connectivity index (χ3n) is 3.05. The van der Waals surface area contributed by atoms with Gasteiger partial charge in [-0.25, -0.2) is 4.98 Å². The standard InChI is InChI=1S/C14H11Cl2N5O2/c1-23-10-4-5-17-14(19-10)21-20-13(22)12-11(16)8-6-7(15)2-3-9(8)18-12/h2-6,18H,1H3,(H,20,22)(H,17,19,21). The van der Waals surface area contributed by atoms with Gasteiger partial charge in [-0.3, -0.25) is 15.6 Å². The molecule has 118 valence electrons. The van der Waals surface area contributed by atoms with Crippen LogP contribution in [-0.2, 0) is 0 Å². The van der Waals surface area contributed by atoms with Crippen molar-refractivity contribution in [2.24, 2.45) is 0 Å². The molecule has 3 rings (SSSR count). The van der Waals surface area contributed by atoms with Gasteiger partial charge in [0.1, 0.15) is 5.69 Å². The summed E-state index contributed by atoms with van der Waals surface area (Å²) in [6.45, 7) is 0. The Morgan fingerprint density at radius 2 is 2.13 bits per heavy atom. The Balaban J connectivity index is 1.79. The molecule has 0 aliphatic carbocycles. The van der Waals surface area contributed by atoms with Crippen molar-refractivity contribution in [3.8, 4) is 5.88 Å². The van der Waals surface area contributed by atoms with Gasteiger partial charge in [-0.05, 0) is 18.2 Å². The summed E-state index contributed by atoms with van der Waals surface area (Å²) in [5.41, 5.74) is 5.98. The number of carbonyl (C=O) groups excluding carboxylic acids is 1. The second-order valence-corrected chi connectivity index (χ2v) is 5.32. The van der Waals surface area contributed by atoms with Gasteiger partial charge in [0, 0.05) is 28.2 Å². The summed E-state index contributed by atoms with van der Waals surface area (Å²) in [6, 6.07) is 6.73. The lowest BCUT2D eigenvalue weighted by molar-refractivity contribution is 0.0958. The number of anilines is 1. The molecule has 0 bridgehead atoms. The van der Waals surface area contributed by atoms with E-state index in [4.69, 9.17) is 27.9 Å². The highest BCUT2D eigenvalue weighted by atomic mass is 35.5. The molecule has 23 heavy (non-hydrogen) atoms. The van der Waals surface area contributed by atoms with Crippen LogP contribution >= 0.6 is 23.2 Å². The number of hydrogen-bond acceptors (Lipinski definition) is 5. The molecule has 3 N–H and O–H groups in total. The molecule has 0 radical (unpaired) electrons. The Kier molecular flexibility index (Phi) is 4.22. The van der Waals surface area contributed by atoms with Crippen LogP contribution in [0.25, 0.3) is 10.9 Å². The fraction of sp³-hybridized carbons (Fsp3) is 0.0714. The predicted octanol–water partition coefficient (Wildman–Crippen LogP) is 3.03. The lowest BCUT2D eigenvalue weighted by Gasteiger charge is -2.07. The summed E-state index contributed by atoms with van der Waals surface area (Å²) in [6.07, 6.45) is 1.50. The van der Waals surface area contributed by atoms with E-state index < -0.39 is 5.91 Å². The van der Waals surface area contributed by atoms with Crippen LogP contribution in [0, 0.1) is 0 Å². The molecular weight excluding hydrogens is 341 g/mol. The maximum absolute atomic E-state index is 12.2. The molecule has 1 amide bonds. The van der Waals surface area contributed by atoms with Crippen molar-refractivity contribution in [2.45, 2.75) is 0 Å². The van der Waals surface area contributed by atoms with E-state index in [9.17, 15) is 4.79 Å². The van der Waals surface area contributed by atoms with Crippen LogP contribution in [0.4, 0.5) is 5.95 Å². The number of amides is 1. The van der Waals surface area contributed by atoms with E-state index in [2.05, 4.69) is 25.8 Å². The van der Waals surface area contributed by atoms with Gasteiger partial charge in [-0.15, -0.1) is 0 Å². The average molecular weight is 352 g/mol. The molecule has 3 aromatic rings. The molecule has 0 spiro atoms. The van der Waals surface area contributed by atoms with Crippen LogP contribution in [0.3, 0.4) is 0 Å². The minimum absolute atomic E-state index is 0.188. The highest BCUT2D eigenvalue weighted by molar-refractivity contribution is 6.39. The fourth-order valence-electron chi connectivity index (χ4n) is 1.98. The topological polar surface area (TPSA) is 91.9 Å². The van der Waals surface area contributed by atoms with E-state index in [0.717, 1.165) is 0 Å². The maximum Gasteiger partial charge on any atom is 0.287 e. The first-order chi connectivity index (χ1) is 11.1. The number of nitrogens with zero attached hydrogens (tertiary/aromatic N) is 2. The van der Waals surface area contributed by atoms with Crippen LogP contribution in [0.1, 0.15) is 10.5 Å². The van der Waals surface area contributed by atoms with Crippen LogP contribution in [0.15, 0.2) is 30.5 Å². The highest BCUT2D eigenvalue weighted by Gasteiger charge is 2.16. The zero-order valence-electron chi connectivity index (χ0n) is 11.9. The number of hydrazine groups is 1. The number of benzene rings is 1. The molecule has 2 aromatic heterocycles. The lowest BCUT2D eigenvalue weighted by Crippen LogP contribution is -2.30. The molecular formula is C14H11Cl2N5O2. The Labute approximate surface area is 140 Å². The Hall–Kier alpha value is -2.51.